The number of nitrogens with two attached hydrogens (primary N) is 1. The van der Waals surface area contributed by atoms with Crippen molar-refractivity contribution in [3.8, 4) is 0 Å². The third-order valence-electron chi connectivity index (χ3n) is 4.48. The molecular weight excluding hydrogens is 224 g/mol. The lowest BCUT2D eigenvalue weighted by Gasteiger charge is -2.47. The van der Waals surface area contributed by atoms with Gasteiger partial charge in [-0.1, -0.05) is 18.2 Å². The summed E-state index contributed by atoms with van der Waals surface area (Å²) in [4.78, 5) is 2.54. The quantitative estimate of drug-likeness (QED) is 0.866. The molecule has 3 heteroatoms. The highest BCUT2D eigenvalue weighted by atomic mass is 16.5. The third-order valence-corrected chi connectivity index (χ3v) is 4.48. The largest absolute Gasteiger partial charge is 0.378 e. The van der Waals surface area contributed by atoms with Crippen molar-refractivity contribution in [2.24, 2.45) is 5.73 Å². The standard InChI is InChI=1S/C15H22N2O/c1-12-10-15(11-16,7-9-18-12)17-8-6-13-4-2-3-5-14(13)17/h2-5,12H,6-11,16H2,1H3. The second-order valence-electron chi connectivity index (χ2n) is 5.59. The Morgan fingerprint density at radius 2 is 2.28 bits per heavy atom. The molecule has 98 valence electrons. The van der Waals surface area contributed by atoms with Crippen molar-refractivity contribution in [2.75, 3.05) is 24.6 Å². The van der Waals surface area contributed by atoms with Gasteiger partial charge in [-0.2, -0.15) is 0 Å². The first-order valence-electron chi connectivity index (χ1n) is 6.92. The maximum absolute atomic E-state index is 6.14. The van der Waals surface area contributed by atoms with Crippen LogP contribution in [0.5, 0.6) is 0 Å². The number of rotatable bonds is 2. The molecule has 2 heterocycles. The smallest absolute Gasteiger partial charge is 0.0570 e. The first-order valence-corrected chi connectivity index (χ1v) is 6.92. The number of fused-ring (bicyclic) bond motifs is 1. The highest BCUT2D eigenvalue weighted by Crippen LogP contribution is 2.39. The van der Waals surface area contributed by atoms with E-state index in [1.165, 1.54) is 11.3 Å². The van der Waals surface area contributed by atoms with Crippen LogP contribution in [0, 0.1) is 0 Å². The summed E-state index contributed by atoms with van der Waals surface area (Å²) in [6, 6.07) is 8.73. The fourth-order valence-electron chi connectivity index (χ4n) is 3.52. The van der Waals surface area contributed by atoms with Gasteiger partial charge < -0.3 is 15.4 Å². The van der Waals surface area contributed by atoms with Crippen molar-refractivity contribution in [1.82, 2.24) is 0 Å². The molecule has 1 aromatic carbocycles. The van der Waals surface area contributed by atoms with E-state index in [0.29, 0.717) is 6.10 Å². The van der Waals surface area contributed by atoms with Crippen LogP contribution in [-0.2, 0) is 11.2 Å². The van der Waals surface area contributed by atoms with Gasteiger partial charge >= 0.3 is 0 Å². The Bertz CT molecular complexity index is 434. The molecule has 0 aromatic heterocycles. The maximum Gasteiger partial charge on any atom is 0.0570 e. The van der Waals surface area contributed by atoms with Gasteiger partial charge in [0.2, 0.25) is 0 Å². The minimum absolute atomic E-state index is 0.101. The zero-order valence-electron chi connectivity index (χ0n) is 11.1. The van der Waals surface area contributed by atoms with Gasteiger partial charge in [-0.15, -0.1) is 0 Å². The first kappa shape index (κ1) is 12.0. The van der Waals surface area contributed by atoms with E-state index < -0.39 is 0 Å². The normalized spacial score (nSPS) is 31.4. The van der Waals surface area contributed by atoms with E-state index in [-0.39, 0.29) is 5.54 Å². The molecule has 0 radical (unpaired) electrons. The predicted molar refractivity (Wildman–Crippen MR) is 73.9 cm³/mol. The van der Waals surface area contributed by atoms with E-state index >= 15 is 0 Å². The summed E-state index contributed by atoms with van der Waals surface area (Å²) >= 11 is 0. The van der Waals surface area contributed by atoms with Crippen molar-refractivity contribution in [1.29, 1.82) is 0 Å². The molecule has 2 unspecified atom stereocenters. The van der Waals surface area contributed by atoms with Crippen molar-refractivity contribution >= 4 is 5.69 Å². The van der Waals surface area contributed by atoms with Crippen LogP contribution in [0.3, 0.4) is 0 Å². The van der Waals surface area contributed by atoms with E-state index in [2.05, 4.69) is 36.1 Å². The number of hydrogen-bond donors (Lipinski definition) is 1. The molecule has 3 rings (SSSR count). The average molecular weight is 246 g/mol. The average Bonchev–Trinajstić information content (AvgIpc) is 2.83. The monoisotopic (exact) mass is 246 g/mol. The topological polar surface area (TPSA) is 38.5 Å². The minimum Gasteiger partial charge on any atom is -0.378 e. The van der Waals surface area contributed by atoms with Crippen LogP contribution in [0.2, 0.25) is 0 Å². The van der Waals surface area contributed by atoms with Gasteiger partial charge in [0.1, 0.15) is 0 Å². The lowest BCUT2D eigenvalue weighted by Crippen LogP contribution is -2.58. The molecule has 2 atom stereocenters. The number of nitrogens with zero attached hydrogens (tertiary/aromatic N) is 1. The van der Waals surface area contributed by atoms with Crippen molar-refractivity contribution < 1.29 is 4.74 Å². The fourth-order valence-corrected chi connectivity index (χ4v) is 3.52. The van der Waals surface area contributed by atoms with Gasteiger partial charge in [0, 0.05) is 25.4 Å². The predicted octanol–water partition coefficient (Wildman–Crippen LogP) is 1.95. The highest BCUT2D eigenvalue weighted by molar-refractivity contribution is 5.60. The van der Waals surface area contributed by atoms with Crippen molar-refractivity contribution in [3.05, 3.63) is 29.8 Å². The summed E-state index contributed by atoms with van der Waals surface area (Å²) in [7, 11) is 0. The molecule has 0 amide bonds. The Hall–Kier alpha value is -1.06. The van der Waals surface area contributed by atoms with Gasteiger partial charge in [-0.25, -0.2) is 0 Å². The summed E-state index contributed by atoms with van der Waals surface area (Å²) in [6.07, 6.45) is 3.54. The summed E-state index contributed by atoms with van der Waals surface area (Å²) in [5, 5.41) is 0. The lowest BCUT2D eigenvalue weighted by molar-refractivity contribution is -0.00714. The van der Waals surface area contributed by atoms with Crippen LogP contribution in [0.25, 0.3) is 0 Å². The minimum atomic E-state index is 0.101. The van der Waals surface area contributed by atoms with E-state index in [1.54, 1.807) is 0 Å². The van der Waals surface area contributed by atoms with Crippen LogP contribution in [-0.4, -0.2) is 31.3 Å². The molecule has 0 bridgehead atoms. The second kappa shape index (κ2) is 4.56. The molecule has 1 saturated heterocycles. The Labute approximate surface area is 109 Å². The van der Waals surface area contributed by atoms with E-state index in [9.17, 15) is 0 Å². The molecule has 1 fully saturated rings. The zero-order valence-corrected chi connectivity index (χ0v) is 11.1. The SMILES string of the molecule is CC1CC(CN)(N2CCc3ccccc32)CCO1. The molecule has 2 N–H and O–H groups in total. The van der Waals surface area contributed by atoms with Gasteiger partial charge in [0.05, 0.1) is 11.6 Å². The summed E-state index contributed by atoms with van der Waals surface area (Å²) < 4.78 is 5.70. The van der Waals surface area contributed by atoms with Gasteiger partial charge in [0.25, 0.3) is 0 Å². The summed E-state index contributed by atoms with van der Waals surface area (Å²) in [6.45, 7) is 4.81. The van der Waals surface area contributed by atoms with Crippen LogP contribution in [0.4, 0.5) is 5.69 Å². The third kappa shape index (κ3) is 1.82. The molecular formula is C15H22N2O. The molecule has 2 aliphatic rings. The van der Waals surface area contributed by atoms with Crippen molar-refractivity contribution in [2.45, 2.75) is 37.8 Å². The van der Waals surface area contributed by atoms with Crippen LogP contribution >= 0.6 is 0 Å². The molecule has 3 nitrogen and oxygen atoms in total. The second-order valence-corrected chi connectivity index (χ2v) is 5.59. The van der Waals surface area contributed by atoms with E-state index in [0.717, 1.165) is 39.0 Å². The van der Waals surface area contributed by atoms with Crippen LogP contribution in [0.15, 0.2) is 24.3 Å². The maximum atomic E-state index is 6.14. The van der Waals surface area contributed by atoms with Crippen molar-refractivity contribution in [3.63, 3.8) is 0 Å². The Kier molecular flexibility index (Phi) is 3.04. The van der Waals surface area contributed by atoms with Crippen LogP contribution < -0.4 is 10.6 Å². The van der Waals surface area contributed by atoms with Gasteiger partial charge in [0.15, 0.2) is 0 Å². The van der Waals surface area contributed by atoms with E-state index in [1.807, 2.05) is 0 Å². The van der Waals surface area contributed by atoms with Gasteiger partial charge in [-0.05, 0) is 37.8 Å². The number of benzene rings is 1. The zero-order chi connectivity index (χ0) is 12.6. The molecule has 0 aliphatic carbocycles. The van der Waals surface area contributed by atoms with Gasteiger partial charge in [-0.3, -0.25) is 0 Å². The molecule has 0 saturated carbocycles. The summed E-state index contributed by atoms with van der Waals surface area (Å²) in [5.74, 6) is 0. The number of ether oxygens (including phenoxy) is 1. The Morgan fingerprint density at radius 1 is 1.44 bits per heavy atom. The number of anilines is 1. The first-order chi connectivity index (χ1) is 8.75. The molecule has 0 spiro atoms. The summed E-state index contributed by atoms with van der Waals surface area (Å²) in [5.41, 5.74) is 9.09. The van der Waals surface area contributed by atoms with Crippen LogP contribution in [0.1, 0.15) is 25.3 Å². The lowest BCUT2D eigenvalue weighted by atomic mass is 9.85. The number of para-hydroxylation sites is 1. The molecule has 2 aliphatic heterocycles. The van der Waals surface area contributed by atoms with E-state index in [4.69, 9.17) is 10.5 Å². The Morgan fingerprint density at radius 3 is 3.06 bits per heavy atom. The highest BCUT2D eigenvalue weighted by Gasteiger charge is 2.42. The molecule has 18 heavy (non-hydrogen) atoms. The fraction of sp³-hybridized carbons (Fsp3) is 0.600. The Balaban J connectivity index is 1.94. The number of hydrogen-bond acceptors (Lipinski definition) is 3. The molecule has 1 aromatic rings.